The van der Waals surface area contributed by atoms with Crippen LogP contribution in [0.2, 0.25) is 0 Å². The lowest BCUT2D eigenvalue weighted by atomic mass is 10.1. The highest BCUT2D eigenvalue weighted by molar-refractivity contribution is 5.85. The standard InChI is InChI=1S/C21H24FN3O3.ClH/c1-25-10-9-23-21(25)20(15-5-3-6-16(22)11-15)24-13-17(26)14-28-19-8-4-7-18(12-19)27-2;/h3-12,17,20,24,26H,13-14H2,1-2H3;1H. The summed E-state index contributed by atoms with van der Waals surface area (Å²) in [5, 5.41) is 13.6. The van der Waals surface area contributed by atoms with Crippen molar-refractivity contribution in [1.82, 2.24) is 14.9 Å². The highest BCUT2D eigenvalue weighted by Crippen LogP contribution is 2.22. The van der Waals surface area contributed by atoms with Crippen molar-refractivity contribution in [2.24, 2.45) is 7.05 Å². The number of ether oxygens (including phenoxy) is 2. The highest BCUT2D eigenvalue weighted by Gasteiger charge is 2.20. The Labute approximate surface area is 175 Å². The number of aryl methyl sites for hydroxylation is 1. The van der Waals surface area contributed by atoms with Gasteiger partial charge in [-0.15, -0.1) is 12.4 Å². The Balaban J connectivity index is 0.00000300. The number of aliphatic hydroxyl groups is 1. The van der Waals surface area contributed by atoms with E-state index >= 15 is 0 Å². The third kappa shape index (κ3) is 6.19. The largest absolute Gasteiger partial charge is 0.497 e. The van der Waals surface area contributed by atoms with Crippen LogP contribution in [0, 0.1) is 5.82 Å². The molecule has 1 heterocycles. The first-order valence-electron chi connectivity index (χ1n) is 8.98. The minimum atomic E-state index is -0.762. The lowest BCUT2D eigenvalue weighted by Crippen LogP contribution is -2.35. The van der Waals surface area contributed by atoms with Crippen molar-refractivity contribution in [3.8, 4) is 11.5 Å². The van der Waals surface area contributed by atoms with Gasteiger partial charge < -0.3 is 24.5 Å². The number of rotatable bonds is 9. The third-order valence-corrected chi connectivity index (χ3v) is 4.34. The summed E-state index contributed by atoms with van der Waals surface area (Å²) in [4.78, 5) is 4.36. The zero-order valence-electron chi connectivity index (χ0n) is 16.3. The molecule has 156 valence electrons. The molecule has 0 spiro atoms. The van der Waals surface area contributed by atoms with Crippen molar-refractivity contribution in [2.45, 2.75) is 12.1 Å². The van der Waals surface area contributed by atoms with Crippen LogP contribution in [0.15, 0.2) is 60.9 Å². The number of hydrogen-bond donors (Lipinski definition) is 2. The SMILES string of the molecule is COc1cccc(OCC(O)CNC(c2cccc(F)c2)c2nccn2C)c1.Cl. The predicted octanol–water partition coefficient (Wildman–Crippen LogP) is 3.11. The molecule has 3 rings (SSSR count). The smallest absolute Gasteiger partial charge is 0.130 e. The van der Waals surface area contributed by atoms with E-state index in [1.807, 2.05) is 36.0 Å². The molecule has 2 aromatic carbocycles. The van der Waals surface area contributed by atoms with Crippen molar-refractivity contribution in [2.75, 3.05) is 20.3 Å². The lowest BCUT2D eigenvalue weighted by Gasteiger charge is -2.21. The van der Waals surface area contributed by atoms with E-state index in [-0.39, 0.29) is 37.4 Å². The number of benzene rings is 2. The van der Waals surface area contributed by atoms with Gasteiger partial charge in [-0.05, 0) is 29.8 Å². The van der Waals surface area contributed by atoms with Crippen LogP contribution in [0.1, 0.15) is 17.4 Å². The Morgan fingerprint density at radius 2 is 1.93 bits per heavy atom. The van der Waals surface area contributed by atoms with Gasteiger partial charge in [-0.1, -0.05) is 18.2 Å². The molecule has 0 amide bonds. The van der Waals surface area contributed by atoms with Gasteiger partial charge in [-0.2, -0.15) is 0 Å². The van der Waals surface area contributed by atoms with Crippen LogP contribution in [0.3, 0.4) is 0 Å². The molecule has 0 saturated carbocycles. The number of nitrogens with one attached hydrogen (secondary N) is 1. The third-order valence-electron chi connectivity index (χ3n) is 4.34. The molecule has 2 atom stereocenters. The number of imidazole rings is 1. The van der Waals surface area contributed by atoms with E-state index in [4.69, 9.17) is 9.47 Å². The van der Waals surface area contributed by atoms with E-state index < -0.39 is 6.10 Å². The van der Waals surface area contributed by atoms with E-state index in [1.165, 1.54) is 12.1 Å². The minimum Gasteiger partial charge on any atom is -0.497 e. The number of aromatic nitrogens is 2. The molecule has 0 aliphatic rings. The first-order valence-corrected chi connectivity index (χ1v) is 8.98. The number of nitrogens with zero attached hydrogens (tertiary/aromatic N) is 2. The van der Waals surface area contributed by atoms with E-state index in [2.05, 4.69) is 10.3 Å². The first-order chi connectivity index (χ1) is 13.6. The van der Waals surface area contributed by atoms with E-state index in [0.29, 0.717) is 11.5 Å². The summed E-state index contributed by atoms with van der Waals surface area (Å²) in [6.07, 6.45) is 2.75. The van der Waals surface area contributed by atoms with E-state index in [9.17, 15) is 9.50 Å². The van der Waals surface area contributed by atoms with Gasteiger partial charge in [0.15, 0.2) is 0 Å². The minimum absolute atomic E-state index is 0. The molecule has 2 unspecified atom stereocenters. The number of halogens is 2. The van der Waals surface area contributed by atoms with Crippen molar-refractivity contribution in [3.63, 3.8) is 0 Å². The molecule has 0 radical (unpaired) electrons. The fourth-order valence-electron chi connectivity index (χ4n) is 2.90. The van der Waals surface area contributed by atoms with Crippen LogP contribution in [0.25, 0.3) is 0 Å². The zero-order valence-corrected chi connectivity index (χ0v) is 17.1. The molecule has 3 aromatic rings. The van der Waals surface area contributed by atoms with Gasteiger partial charge in [0.25, 0.3) is 0 Å². The fraction of sp³-hybridized carbons (Fsp3) is 0.286. The zero-order chi connectivity index (χ0) is 19.9. The van der Waals surface area contributed by atoms with Gasteiger partial charge >= 0.3 is 0 Å². The Kier molecular flexibility index (Phi) is 8.45. The molecular formula is C21H25ClFN3O3. The number of methoxy groups -OCH3 is 1. The maximum Gasteiger partial charge on any atom is 0.130 e. The maximum absolute atomic E-state index is 13.7. The van der Waals surface area contributed by atoms with Gasteiger partial charge in [-0.3, -0.25) is 0 Å². The summed E-state index contributed by atoms with van der Waals surface area (Å²) in [6.45, 7) is 0.356. The van der Waals surface area contributed by atoms with Gasteiger partial charge in [0.1, 0.15) is 35.9 Å². The summed E-state index contributed by atoms with van der Waals surface area (Å²) in [7, 11) is 3.46. The molecule has 0 aliphatic carbocycles. The Bertz CT molecular complexity index is 906. The molecule has 29 heavy (non-hydrogen) atoms. The second kappa shape index (κ2) is 10.8. The molecule has 0 bridgehead atoms. The number of hydrogen-bond acceptors (Lipinski definition) is 5. The average Bonchev–Trinajstić information content (AvgIpc) is 3.12. The Morgan fingerprint density at radius 3 is 2.62 bits per heavy atom. The normalized spacial score (nSPS) is 12.7. The van der Waals surface area contributed by atoms with E-state index in [1.54, 1.807) is 31.5 Å². The molecule has 1 aromatic heterocycles. The van der Waals surface area contributed by atoms with E-state index in [0.717, 1.165) is 11.4 Å². The van der Waals surface area contributed by atoms with Crippen LogP contribution >= 0.6 is 12.4 Å². The van der Waals surface area contributed by atoms with Crippen molar-refractivity contribution < 1.29 is 19.0 Å². The Morgan fingerprint density at radius 1 is 1.17 bits per heavy atom. The van der Waals surface area contributed by atoms with Crippen LogP contribution < -0.4 is 14.8 Å². The second-order valence-electron chi connectivity index (χ2n) is 6.44. The Hall–Kier alpha value is -2.61. The van der Waals surface area contributed by atoms with Crippen LogP contribution in [0.4, 0.5) is 4.39 Å². The fourth-order valence-corrected chi connectivity index (χ4v) is 2.90. The molecular weight excluding hydrogens is 397 g/mol. The molecule has 2 N–H and O–H groups in total. The monoisotopic (exact) mass is 421 g/mol. The van der Waals surface area contributed by atoms with Gasteiger partial charge in [0.2, 0.25) is 0 Å². The topological polar surface area (TPSA) is 68.5 Å². The van der Waals surface area contributed by atoms with Gasteiger partial charge in [0.05, 0.1) is 13.2 Å². The summed E-state index contributed by atoms with van der Waals surface area (Å²) < 4.78 is 26.4. The van der Waals surface area contributed by atoms with Crippen LogP contribution in [0.5, 0.6) is 11.5 Å². The molecule has 6 nitrogen and oxygen atoms in total. The molecule has 0 fully saturated rings. The van der Waals surface area contributed by atoms with Gasteiger partial charge in [0, 0.05) is 32.1 Å². The summed E-state index contributed by atoms with van der Waals surface area (Å²) in [6, 6.07) is 13.2. The quantitative estimate of drug-likeness (QED) is 0.555. The van der Waals surface area contributed by atoms with Crippen LogP contribution in [-0.2, 0) is 7.05 Å². The highest BCUT2D eigenvalue weighted by atomic mass is 35.5. The summed E-state index contributed by atoms with van der Waals surface area (Å²) in [5.41, 5.74) is 0.732. The summed E-state index contributed by atoms with van der Waals surface area (Å²) in [5.74, 6) is 1.71. The van der Waals surface area contributed by atoms with Crippen LogP contribution in [-0.4, -0.2) is 41.0 Å². The lowest BCUT2D eigenvalue weighted by molar-refractivity contribution is 0.104. The van der Waals surface area contributed by atoms with Crippen molar-refractivity contribution in [1.29, 1.82) is 0 Å². The molecule has 8 heteroatoms. The second-order valence-corrected chi connectivity index (χ2v) is 6.44. The number of aliphatic hydroxyl groups excluding tert-OH is 1. The maximum atomic E-state index is 13.7. The van der Waals surface area contributed by atoms with Crippen molar-refractivity contribution in [3.05, 3.63) is 78.1 Å². The van der Waals surface area contributed by atoms with Crippen molar-refractivity contribution >= 4 is 12.4 Å². The predicted molar refractivity (Wildman–Crippen MR) is 111 cm³/mol. The van der Waals surface area contributed by atoms with Gasteiger partial charge in [-0.25, -0.2) is 9.37 Å². The molecule has 0 aliphatic heterocycles. The first kappa shape index (κ1) is 22.7. The summed E-state index contributed by atoms with van der Waals surface area (Å²) >= 11 is 0. The molecule has 0 saturated heterocycles. The average molecular weight is 422 g/mol.